The van der Waals surface area contributed by atoms with Gasteiger partial charge in [-0.15, -0.1) is 0 Å². The Balaban J connectivity index is 1.20. The van der Waals surface area contributed by atoms with E-state index < -0.39 is 11.7 Å². The number of carbonyl (C=O) groups is 1. The molecule has 2 aromatic heterocycles. The van der Waals surface area contributed by atoms with Gasteiger partial charge < -0.3 is 19.9 Å². The van der Waals surface area contributed by atoms with Gasteiger partial charge in [-0.2, -0.15) is 0 Å². The van der Waals surface area contributed by atoms with Crippen LogP contribution in [0.2, 0.25) is 5.02 Å². The molecule has 4 heterocycles. The quantitative estimate of drug-likeness (QED) is 0.438. The van der Waals surface area contributed by atoms with Crippen LogP contribution in [0.25, 0.3) is 11.0 Å². The number of halogens is 4. The Labute approximate surface area is 220 Å². The number of benzene rings is 1. The normalized spacial score (nSPS) is 22.0. The number of likely N-dealkylation sites (tertiary alicyclic amines) is 1. The summed E-state index contributed by atoms with van der Waals surface area (Å²) < 4.78 is 46.7. The summed E-state index contributed by atoms with van der Waals surface area (Å²) in [5.41, 5.74) is 0.889. The van der Waals surface area contributed by atoms with Crippen LogP contribution < -0.4 is 15.0 Å². The van der Waals surface area contributed by atoms with Gasteiger partial charge in [-0.05, 0) is 24.6 Å². The lowest BCUT2D eigenvalue weighted by molar-refractivity contribution is -0.127. The number of nitrogens with one attached hydrogen (secondary N) is 1. The van der Waals surface area contributed by atoms with Crippen molar-refractivity contribution < 1.29 is 22.7 Å². The van der Waals surface area contributed by atoms with E-state index in [0.717, 1.165) is 6.42 Å². The first-order chi connectivity index (χ1) is 18.2. The summed E-state index contributed by atoms with van der Waals surface area (Å²) in [7, 11) is 0. The molecule has 3 aromatic rings. The van der Waals surface area contributed by atoms with Crippen LogP contribution in [-0.2, 0) is 4.79 Å². The Bertz CT molecular complexity index is 1430. The number of anilines is 3. The van der Waals surface area contributed by atoms with E-state index in [-0.39, 0.29) is 65.6 Å². The van der Waals surface area contributed by atoms with Gasteiger partial charge in [-0.3, -0.25) is 4.79 Å². The molecule has 13 heteroatoms. The Kier molecular flexibility index (Phi) is 6.01. The molecule has 38 heavy (non-hydrogen) atoms. The lowest BCUT2D eigenvalue weighted by Gasteiger charge is -2.34. The predicted octanol–water partition coefficient (Wildman–Crippen LogP) is 4.36. The molecule has 2 aliphatic heterocycles. The number of rotatable bonds is 7. The molecule has 0 unspecified atom stereocenters. The number of alkyl halides is 2. The molecule has 1 aromatic carbocycles. The average molecular weight is 546 g/mol. The minimum absolute atomic E-state index is 0.0373. The van der Waals surface area contributed by atoms with Gasteiger partial charge in [0.15, 0.2) is 11.6 Å². The summed E-state index contributed by atoms with van der Waals surface area (Å²) >= 11 is 6.19. The second-order valence-electron chi connectivity index (χ2n) is 9.82. The standard InChI is InChI=1S/C25H23ClF3N7O2/c1-2-19(37)35-9-15-5-14(35)10-36(15)24-30-8-17-22(34-24)23(32-12-31-17)33-16-3-4-18(20(26)21(16)27)38-11-13-6-25(28,29)7-13/h2-4,8,12-15H,1,5-7,9-11H2,(H,31,32,33)/t14-,15-/m0/s1. The number of hydrogen-bond donors (Lipinski definition) is 1. The Morgan fingerprint density at radius 2 is 2.05 bits per heavy atom. The number of nitrogens with zero attached hydrogens (tertiary/aromatic N) is 6. The molecule has 0 radical (unpaired) electrons. The molecule has 3 fully saturated rings. The van der Waals surface area contributed by atoms with Crippen molar-refractivity contribution in [3.63, 3.8) is 0 Å². The van der Waals surface area contributed by atoms with Crippen LogP contribution in [0.3, 0.4) is 0 Å². The molecule has 2 saturated heterocycles. The first-order valence-corrected chi connectivity index (χ1v) is 12.5. The molecule has 9 nitrogen and oxygen atoms in total. The third kappa shape index (κ3) is 4.36. The fourth-order valence-corrected chi connectivity index (χ4v) is 5.57. The average Bonchev–Trinajstić information content (AvgIpc) is 3.50. The van der Waals surface area contributed by atoms with E-state index in [1.807, 2.05) is 4.90 Å². The lowest BCUT2D eigenvalue weighted by Crippen LogP contribution is -2.48. The minimum atomic E-state index is -2.65. The molecule has 1 aliphatic carbocycles. The summed E-state index contributed by atoms with van der Waals surface area (Å²) in [6.45, 7) is 4.77. The van der Waals surface area contributed by atoms with Crippen LogP contribution in [0, 0.1) is 11.7 Å². The van der Waals surface area contributed by atoms with Crippen LogP contribution in [0.5, 0.6) is 5.75 Å². The third-order valence-corrected chi connectivity index (χ3v) is 7.62. The van der Waals surface area contributed by atoms with Crippen molar-refractivity contribution in [3.05, 3.63) is 48.2 Å². The van der Waals surface area contributed by atoms with E-state index in [2.05, 4.69) is 36.7 Å². The SMILES string of the molecule is C=CC(=O)N1C[C@@H]2C[C@H]1CN2c1ncc2ncnc(Nc3ccc(OCC4CC(F)(F)C4)c(Cl)c3F)c2n1. The number of hydrogen-bond acceptors (Lipinski definition) is 8. The number of fused-ring (bicyclic) bond motifs is 3. The smallest absolute Gasteiger partial charge is 0.248 e. The molecular formula is C25H23ClF3N7O2. The van der Waals surface area contributed by atoms with Crippen LogP contribution in [0.15, 0.2) is 37.3 Å². The number of ether oxygens (including phenoxy) is 1. The van der Waals surface area contributed by atoms with Crippen LogP contribution in [-0.4, -0.2) is 68.4 Å². The molecule has 2 bridgehead atoms. The highest BCUT2D eigenvalue weighted by Gasteiger charge is 2.46. The van der Waals surface area contributed by atoms with Gasteiger partial charge in [0.05, 0.1) is 30.6 Å². The zero-order chi connectivity index (χ0) is 26.6. The fourth-order valence-electron chi connectivity index (χ4n) is 5.35. The van der Waals surface area contributed by atoms with Crippen LogP contribution >= 0.6 is 11.6 Å². The van der Waals surface area contributed by atoms with Crippen LogP contribution in [0.1, 0.15) is 19.3 Å². The van der Waals surface area contributed by atoms with E-state index in [9.17, 15) is 13.6 Å². The van der Waals surface area contributed by atoms with Gasteiger partial charge >= 0.3 is 0 Å². The van der Waals surface area contributed by atoms with E-state index in [0.29, 0.717) is 30.1 Å². The number of piperazine rings is 1. The molecular weight excluding hydrogens is 523 g/mol. The summed E-state index contributed by atoms with van der Waals surface area (Å²) in [6, 6.07) is 3.06. The maximum Gasteiger partial charge on any atom is 0.248 e. The van der Waals surface area contributed by atoms with E-state index in [4.69, 9.17) is 16.3 Å². The highest BCUT2D eigenvalue weighted by Crippen LogP contribution is 2.43. The zero-order valence-corrected chi connectivity index (χ0v) is 20.8. The second kappa shape index (κ2) is 9.26. The molecule has 1 amide bonds. The minimum Gasteiger partial charge on any atom is -0.492 e. The zero-order valence-electron chi connectivity index (χ0n) is 20.1. The first kappa shape index (κ1) is 24.7. The number of aromatic nitrogens is 4. The monoisotopic (exact) mass is 545 g/mol. The maximum absolute atomic E-state index is 15.1. The maximum atomic E-state index is 15.1. The highest BCUT2D eigenvalue weighted by atomic mass is 35.5. The largest absolute Gasteiger partial charge is 0.492 e. The molecule has 3 aliphatic rings. The molecule has 1 N–H and O–H groups in total. The molecule has 198 valence electrons. The molecule has 0 spiro atoms. The lowest BCUT2D eigenvalue weighted by atomic mass is 9.82. The van der Waals surface area contributed by atoms with Crippen molar-refractivity contribution in [2.24, 2.45) is 5.92 Å². The van der Waals surface area contributed by atoms with Gasteiger partial charge in [0, 0.05) is 31.8 Å². The third-order valence-electron chi connectivity index (χ3n) is 7.27. The van der Waals surface area contributed by atoms with Crippen molar-refractivity contribution in [1.29, 1.82) is 0 Å². The summed E-state index contributed by atoms with van der Waals surface area (Å²) in [6.07, 6.45) is 4.54. The topological polar surface area (TPSA) is 96.4 Å². The Hall–Kier alpha value is -3.67. The van der Waals surface area contributed by atoms with Crippen molar-refractivity contribution in [2.75, 3.05) is 29.9 Å². The summed E-state index contributed by atoms with van der Waals surface area (Å²) in [5, 5.41) is 2.66. The van der Waals surface area contributed by atoms with Crippen molar-refractivity contribution in [1.82, 2.24) is 24.8 Å². The predicted molar refractivity (Wildman–Crippen MR) is 134 cm³/mol. The first-order valence-electron chi connectivity index (χ1n) is 12.2. The van der Waals surface area contributed by atoms with Crippen molar-refractivity contribution in [3.8, 4) is 5.75 Å². The molecule has 1 saturated carbocycles. The van der Waals surface area contributed by atoms with Crippen molar-refractivity contribution >= 4 is 46.0 Å². The van der Waals surface area contributed by atoms with Gasteiger partial charge in [0.2, 0.25) is 17.8 Å². The molecule has 2 atom stereocenters. The van der Waals surface area contributed by atoms with Gasteiger partial charge in [-0.1, -0.05) is 18.2 Å². The Morgan fingerprint density at radius 1 is 1.24 bits per heavy atom. The summed E-state index contributed by atoms with van der Waals surface area (Å²) in [5.74, 6) is -3.00. The summed E-state index contributed by atoms with van der Waals surface area (Å²) in [4.78, 5) is 33.5. The Morgan fingerprint density at radius 3 is 2.76 bits per heavy atom. The van der Waals surface area contributed by atoms with E-state index in [1.165, 1.54) is 24.5 Å². The van der Waals surface area contributed by atoms with E-state index >= 15 is 4.39 Å². The molecule has 6 rings (SSSR count). The van der Waals surface area contributed by atoms with Crippen molar-refractivity contribution in [2.45, 2.75) is 37.3 Å². The van der Waals surface area contributed by atoms with Gasteiger partial charge in [0.25, 0.3) is 0 Å². The van der Waals surface area contributed by atoms with Crippen LogP contribution in [0.4, 0.5) is 30.6 Å². The van der Waals surface area contributed by atoms with Gasteiger partial charge in [-0.25, -0.2) is 33.1 Å². The van der Waals surface area contributed by atoms with Gasteiger partial charge in [0.1, 0.15) is 28.1 Å². The number of carbonyl (C=O) groups excluding carboxylic acids is 1. The van der Waals surface area contributed by atoms with E-state index in [1.54, 1.807) is 6.20 Å². The second-order valence-corrected chi connectivity index (χ2v) is 10.2. The fraction of sp³-hybridized carbons (Fsp3) is 0.400. The highest BCUT2D eigenvalue weighted by molar-refractivity contribution is 6.32. The number of amides is 1.